The zero-order chi connectivity index (χ0) is 11.1. The lowest BCUT2D eigenvalue weighted by molar-refractivity contribution is -0.128. The second-order valence-corrected chi connectivity index (χ2v) is 5.63. The fourth-order valence-electron chi connectivity index (χ4n) is 2.60. The molecule has 0 aromatic carbocycles. The van der Waals surface area contributed by atoms with Crippen LogP contribution in [0.15, 0.2) is 0 Å². The van der Waals surface area contributed by atoms with Gasteiger partial charge in [-0.25, -0.2) is 0 Å². The highest BCUT2D eigenvalue weighted by Gasteiger charge is 2.41. The van der Waals surface area contributed by atoms with Gasteiger partial charge in [-0.15, -0.1) is 0 Å². The van der Waals surface area contributed by atoms with Crippen LogP contribution in [0, 0.1) is 11.8 Å². The van der Waals surface area contributed by atoms with E-state index in [1.807, 2.05) is 6.92 Å². The van der Waals surface area contributed by atoms with Crippen LogP contribution in [0.3, 0.4) is 0 Å². The predicted molar refractivity (Wildman–Crippen MR) is 60.3 cm³/mol. The van der Waals surface area contributed by atoms with Gasteiger partial charge in [-0.1, -0.05) is 19.8 Å². The Balaban J connectivity index is 1.92. The van der Waals surface area contributed by atoms with Gasteiger partial charge < -0.3 is 11.1 Å². The number of nitrogens with two attached hydrogens (primary N) is 1. The van der Waals surface area contributed by atoms with Crippen molar-refractivity contribution in [2.75, 3.05) is 0 Å². The van der Waals surface area contributed by atoms with E-state index in [2.05, 4.69) is 12.2 Å². The third-order valence-corrected chi connectivity index (χ3v) is 4.01. The van der Waals surface area contributed by atoms with Crippen molar-refractivity contribution in [3.05, 3.63) is 0 Å². The molecule has 2 saturated carbocycles. The first-order chi connectivity index (χ1) is 7.00. The summed E-state index contributed by atoms with van der Waals surface area (Å²) in [5.41, 5.74) is 5.90. The van der Waals surface area contributed by atoms with E-state index in [4.69, 9.17) is 5.73 Å². The maximum Gasteiger partial charge on any atom is 0.225 e. The van der Waals surface area contributed by atoms with Gasteiger partial charge in [-0.05, 0) is 32.1 Å². The molecule has 2 aliphatic carbocycles. The smallest absolute Gasteiger partial charge is 0.225 e. The summed E-state index contributed by atoms with van der Waals surface area (Å²) in [7, 11) is 0. The average Bonchev–Trinajstić information content (AvgIpc) is 2.80. The lowest BCUT2D eigenvalue weighted by Crippen LogP contribution is -2.53. The molecule has 3 heteroatoms. The lowest BCUT2D eigenvalue weighted by Gasteiger charge is -2.37. The fourth-order valence-corrected chi connectivity index (χ4v) is 2.60. The van der Waals surface area contributed by atoms with Crippen molar-refractivity contribution in [2.45, 2.75) is 57.5 Å². The van der Waals surface area contributed by atoms with Crippen LogP contribution in [0.1, 0.15) is 46.0 Å². The molecule has 0 aromatic heterocycles. The van der Waals surface area contributed by atoms with Crippen LogP contribution in [-0.2, 0) is 4.79 Å². The minimum atomic E-state index is -0.291. The number of rotatable bonds is 2. The Labute approximate surface area is 91.8 Å². The van der Waals surface area contributed by atoms with E-state index in [1.165, 1.54) is 0 Å². The Morgan fingerprint density at radius 2 is 2.13 bits per heavy atom. The molecule has 0 aliphatic heterocycles. The standard InChI is InChI=1S/C12H22N2O/c1-8-7-10(8)14-11(15)9-5-3-4-6-12(9,2)13/h8-10H,3-7,13H2,1-2H3,(H,14,15). The first-order valence-electron chi connectivity index (χ1n) is 6.10. The molecule has 86 valence electrons. The molecular formula is C12H22N2O. The van der Waals surface area contributed by atoms with E-state index in [0.29, 0.717) is 12.0 Å². The summed E-state index contributed by atoms with van der Waals surface area (Å²) in [6, 6.07) is 0.426. The maximum absolute atomic E-state index is 12.0. The quantitative estimate of drug-likeness (QED) is 0.724. The van der Waals surface area contributed by atoms with E-state index < -0.39 is 0 Å². The molecule has 0 spiro atoms. The van der Waals surface area contributed by atoms with Gasteiger partial charge in [0.05, 0.1) is 5.92 Å². The summed E-state index contributed by atoms with van der Waals surface area (Å²) in [6.07, 6.45) is 5.38. The summed E-state index contributed by atoms with van der Waals surface area (Å²) in [6.45, 7) is 4.19. The van der Waals surface area contributed by atoms with Gasteiger partial charge in [0, 0.05) is 11.6 Å². The predicted octanol–water partition coefficient (Wildman–Crippen LogP) is 1.42. The van der Waals surface area contributed by atoms with Crippen LogP contribution in [-0.4, -0.2) is 17.5 Å². The molecule has 2 rings (SSSR count). The molecule has 0 radical (unpaired) electrons. The van der Waals surface area contributed by atoms with E-state index in [0.717, 1.165) is 32.1 Å². The Bertz CT molecular complexity index is 262. The lowest BCUT2D eigenvalue weighted by atomic mass is 9.74. The van der Waals surface area contributed by atoms with Crippen molar-refractivity contribution in [1.29, 1.82) is 0 Å². The summed E-state index contributed by atoms with van der Waals surface area (Å²) >= 11 is 0. The number of carbonyl (C=O) groups is 1. The van der Waals surface area contributed by atoms with Gasteiger partial charge in [-0.3, -0.25) is 4.79 Å². The summed E-state index contributed by atoms with van der Waals surface area (Å²) in [4.78, 5) is 12.0. The number of hydrogen-bond acceptors (Lipinski definition) is 2. The second-order valence-electron chi connectivity index (χ2n) is 5.63. The normalized spacial score (nSPS) is 44.9. The van der Waals surface area contributed by atoms with Crippen LogP contribution >= 0.6 is 0 Å². The van der Waals surface area contributed by atoms with Crippen LogP contribution in [0.5, 0.6) is 0 Å². The van der Waals surface area contributed by atoms with Crippen LogP contribution < -0.4 is 11.1 Å². The second kappa shape index (κ2) is 3.78. The minimum Gasteiger partial charge on any atom is -0.353 e. The zero-order valence-corrected chi connectivity index (χ0v) is 9.75. The largest absolute Gasteiger partial charge is 0.353 e. The summed E-state index contributed by atoms with van der Waals surface area (Å²) in [5, 5.41) is 3.11. The van der Waals surface area contributed by atoms with Gasteiger partial charge >= 0.3 is 0 Å². The van der Waals surface area contributed by atoms with E-state index in [1.54, 1.807) is 0 Å². The van der Waals surface area contributed by atoms with Crippen molar-refractivity contribution < 1.29 is 4.79 Å². The van der Waals surface area contributed by atoms with Crippen molar-refractivity contribution in [2.24, 2.45) is 17.6 Å². The Kier molecular flexibility index (Phi) is 2.75. The highest BCUT2D eigenvalue weighted by molar-refractivity contribution is 5.80. The van der Waals surface area contributed by atoms with Gasteiger partial charge in [0.1, 0.15) is 0 Å². The van der Waals surface area contributed by atoms with Crippen molar-refractivity contribution in [3.63, 3.8) is 0 Å². The first kappa shape index (κ1) is 10.9. The molecule has 4 unspecified atom stereocenters. The molecule has 0 saturated heterocycles. The first-order valence-corrected chi connectivity index (χ1v) is 6.10. The Hall–Kier alpha value is -0.570. The number of nitrogens with one attached hydrogen (secondary N) is 1. The Morgan fingerprint density at radius 1 is 1.47 bits per heavy atom. The molecule has 3 N–H and O–H groups in total. The maximum atomic E-state index is 12.0. The minimum absolute atomic E-state index is 0.0269. The molecule has 2 fully saturated rings. The van der Waals surface area contributed by atoms with Gasteiger partial charge in [0.2, 0.25) is 5.91 Å². The van der Waals surface area contributed by atoms with E-state index >= 15 is 0 Å². The molecule has 2 aliphatic rings. The van der Waals surface area contributed by atoms with Gasteiger partial charge in [0.15, 0.2) is 0 Å². The van der Waals surface area contributed by atoms with Crippen LogP contribution in [0.2, 0.25) is 0 Å². The average molecular weight is 210 g/mol. The Morgan fingerprint density at radius 3 is 2.67 bits per heavy atom. The number of carbonyl (C=O) groups excluding carboxylic acids is 1. The SMILES string of the molecule is CC1CC1NC(=O)C1CCCCC1(C)N. The molecule has 0 heterocycles. The molecule has 0 aromatic rings. The van der Waals surface area contributed by atoms with Crippen LogP contribution in [0.4, 0.5) is 0 Å². The van der Waals surface area contributed by atoms with Gasteiger partial charge in [-0.2, -0.15) is 0 Å². The van der Waals surface area contributed by atoms with E-state index in [9.17, 15) is 4.79 Å². The van der Waals surface area contributed by atoms with Crippen molar-refractivity contribution in [3.8, 4) is 0 Å². The third kappa shape index (κ3) is 2.33. The molecule has 0 bridgehead atoms. The van der Waals surface area contributed by atoms with Gasteiger partial charge in [0.25, 0.3) is 0 Å². The monoisotopic (exact) mass is 210 g/mol. The fraction of sp³-hybridized carbons (Fsp3) is 0.917. The topological polar surface area (TPSA) is 55.1 Å². The van der Waals surface area contributed by atoms with E-state index in [-0.39, 0.29) is 17.4 Å². The summed E-state index contributed by atoms with van der Waals surface area (Å²) in [5.74, 6) is 0.884. The molecule has 3 nitrogen and oxygen atoms in total. The molecule has 1 amide bonds. The molecular weight excluding hydrogens is 188 g/mol. The highest BCUT2D eigenvalue weighted by Crippen LogP contribution is 2.34. The molecule has 4 atom stereocenters. The third-order valence-electron chi connectivity index (χ3n) is 4.01. The zero-order valence-electron chi connectivity index (χ0n) is 9.75. The number of amides is 1. The highest BCUT2D eigenvalue weighted by atomic mass is 16.2. The van der Waals surface area contributed by atoms with Crippen molar-refractivity contribution in [1.82, 2.24) is 5.32 Å². The van der Waals surface area contributed by atoms with Crippen molar-refractivity contribution >= 4 is 5.91 Å². The van der Waals surface area contributed by atoms with Crippen LogP contribution in [0.25, 0.3) is 0 Å². The number of hydrogen-bond donors (Lipinski definition) is 2. The molecule has 15 heavy (non-hydrogen) atoms. The summed E-state index contributed by atoms with van der Waals surface area (Å²) < 4.78 is 0.